The molecule has 2 rings (SSSR count). The Balaban J connectivity index is 0.00000128. The lowest BCUT2D eigenvalue weighted by atomic mass is 10.3. The van der Waals surface area contributed by atoms with E-state index in [1.807, 2.05) is 6.07 Å². The van der Waals surface area contributed by atoms with Gasteiger partial charge in [0.15, 0.2) is 5.75 Å². The van der Waals surface area contributed by atoms with E-state index in [1.54, 1.807) is 36.8 Å². The number of hydrogen-bond donors (Lipinski definition) is 0. The summed E-state index contributed by atoms with van der Waals surface area (Å²) >= 11 is 0. The molecule has 0 saturated heterocycles. The van der Waals surface area contributed by atoms with Crippen molar-refractivity contribution in [3.8, 4) is 17.6 Å². The molecule has 0 amide bonds. The molecule has 80 valence electrons. The lowest BCUT2D eigenvalue weighted by Gasteiger charge is -2.05. The number of ether oxygens (including phenoxy) is 1. The van der Waals surface area contributed by atoms with Crippen molar-refractivity contribution in [2.45, 2.75) is 0 Å². The maximum atomic E-state index is 8.83. The van der Waals surface area contributed by atoms with Gasteiger partial charge in [-0.25, -0.2) is 0 Å². The number of aromatic nitrogens is 2. The molecular weight excluding hydrogens is 226 g/mol. The predicted molar refractivity (Wildman–Crippen MR) is 60.5 cm³/mol. The zero-order valence-electron chi connectivity index (χ0n) is 8.20. The number of nitriles is 1. The molecule has 0 saturated carbocycles. The predicted octanol–water partition coefficient (Wildman–Crippen LogP) is 2.56. The second-order valence-corrected chi connectivity index (χ2v) is 2.77. The lowest BCUT2D eigenvalue weighted by Crippen LogP contribution is -1.89. The Kier molecular flexibility index (Phi) is 4.25. The molecule has 16 heavy (non-hydrogen) atoms. The smallest absolute Gasteiger partial charge is 0.163 e. The summed E-state index contributed by atoms with van der Waals surface area (Å²) in [6.45, 7) is 0. The molecule has 0 unspecified atom stereocenters. The van der Waals surface area contributed by atoms with E-state index in [4.69, 9.17) is 10.00 Å². The van der Waals surface area contributed by atoms with Gasteiger partial charge < -0.3 is 4.74 Å². The molecule has 4 nitrogen and oxygen atoms in total. The standard InChI is InChI=1S/C11H7N3O.ClH/c12-7-9-1-4-14-8-11(9)15-10-2-5-13-6-3-10;/h1-6,8H;1H. The molecule has 2 aromatic rings. The first-order valence-corrected chi connectivity index (χ1v) is 4.32. The topological polar surface area (TPSA) is 58.8 Å². The fourth-order valence-electron chi connectivity index (χ4n) is 1.09. The molecule has 0 aliphatic carbocycles. The molecule has 2 heterocycles. The largest absolute Gasteiger partial charge is 0.454 e. The van der Waals surface area contributed by atoms with E-state index >= 15 is 0 Å². The van der Waals surface area contributed by atoms with Crippen LogP contribution in [0.1, 0.15) is 5.56 Å². The van der Waals surface area contributed by atoms with Crippen LogP contribution in [0.2, 0.25) is 0 Å². The molecule has 0 radical (unpaired) electrons. The summed E-state index contributed by atoms with van der Waals surface area (Å²) in [6.07, 6.45) is 6.31. The Bertz CT molecular complexity index is 496. The minimum atomic E-state index is 0. The fraction of sp³-hybridized carbons (Fsp3) is 0. The van der Waals surface area contributed by atoms with Crippen molar-refractivity contribution < 1.29 is 4.74 Å². The summed E-state index contributed by atoms with van der Waals surface area (Å²) in [6, 6.07) is 7.08. The maximum Gasteiger partial charge on any atom is 0.163 e. The van der Waals surface area contributed by atoms with Crippen molar-refractivity contribution in [1.29, 1.82) is 5.26 Å². The van der Waals surface area contributed by atoms with Gasteiger partial charge in [0.2, 0.25) is 0 Å². The van der Waals surface area contributed by atoms with Gasteiger partial charge in [-0.05, 0) is 18.2 Å². The second kappa shape index (κ2) is 5.69. The molecule has 0 aliphatic rings. The molecule has 0 spiro atoms. The number of halogens is 1. The maximum absolute atomic E-state index is 8.83. The van der Waals surface area contributed by atoms with Crippen molar-refractivity contribution in [2.24, 2.45) is 0 Å². The Labute approximate surface area is 99.0 Å². The third-order valence-electron chi connectivity index (χ3n) is 1.78. The van der Waals surface area contributed by atoms with Crippen molar-refractivity contribution in [2.75, 3.05) is 0 Å². The van der Waals surface area contributed by atoms with Gasteiger partial charge in [-0.15, -0.1) is 12.4 Å². The molecule has 0 bridgehead atoms. The van der Waals surface area contributed by atoms with Crippen molar-refractivity contribution >= 4 is 12.4 Å². The van der Waals surface area contributed by atoms with Crippen LogP contribution in [0.25, 0.3) is 0 Å². The van der Waals surface area contributed by atoms with Crippen molar-refractivity contribution in [3.05, 3.63) is 48.5 Å². The van der Waals surface area contributed by atoms with Crippen LogP contribution in [0.5, 0.6) is 11.5 Å². The summed E-state index contributed by atoms with van der Waals surface area (Å²) in [7, 11) is 0. The average molecular weight is 234 g/mol. The van der Waals surface area contributed by atoms with Crippen LogP contribution in [0.4, 0.5) is 0 Å². The van der Waals surface area contributed by atoms with Gasteiger partial charge in [0.25, 0.3) is 0 Å². The highest BCUT2D eigenvalue weighted by molar-refractivity contribution is 5.85. The minimum absolute atomic E-state index is 0. The highest BCUT2D eigenvalue weighted by Crippen LogP contribution is 2.22. The number of pyridine rings is 2. The van der Waals surface area contributed by atoms with E-state index in [9.17, 15) is 0 Å². The van der Waals surface area contributed by atoms with Gasteiger partial charge in [-0.2, -0.15) is 5.26 Å². The summed E-state index contributed by atoms with van der Waals surface area (Å²) < 4.78 is 5.48. The second-order valence-electron chi connectivity index (χ2n) is 2.77. The molecule has 0 N–H and O–H groups in total. The van der Waals surface area contributed by atoms with E-state index in [1.165, 1.54) is 6.20 Å². The van der Waals surface area contributed by atoms with E-state index < -0.39 is 0 Å². The normalized spacial score (nSPS) is 8.69. The summed E-state index contributed by atoms with van der Waals surface area (Å²) in [5, 5.41) is 8.83. The highest BCUT2D eigenvalue weighted by Gasteiger charge is 2.03. The van der Waals surface area contributed by atoms with E-state index in [2.05, 4.69) is 9.97 Å². The van der Waals surface area contributed by atoms with E-state index in [-0.39, 0.29) is 12.4 Å². The minimum Gasteiger partial charge on any atom is -0.454 e. The molecule has 0 aliphatic heterocycles. The lowest BCUT2D eigenvalue weighted by molar-refractivity contribution is 0.478. The van der Waals surface area contributed by atoms with E-state index in [0.717, 1.165) is 0 Å². The van der Waals surface area contributed by atoms with Crippen LogP contribution < -0.4 is 4.74 Å². The molecule has 0 aromatic carbocycles. The zero-order chi connectivity index (χ0) is 10.5. The Hall–Kier alpha value is -2.12. The molecular formula is C11H8ClN3O. The van der Waals surface area contributed by atoms with E-state index in [0.29, 0.717) is 17.1 Å². The Morgan fingerprint density at radius 2 is 1.75 bits per heavy atom. The van der Waals surface area contributed by atoms with Gasteiger partial charge in [0, 0.05) is 18.6 Å². The first-order chi connectivity index (χ1) is 7.40. The van der Waals surface area contributed by atoms with Crippen LogP contribution in [-0.4, -0.2) is 9.97 Å². The Morgan fingerprint density at radius 3 is 2.44 bits per heavy atom. The third kappa shape index (κ3) is 2.69. The van der Waals surface area contributed by atoms with Crippen LogP contribution in [0.3, 0.4) is 0 Å². The first-order valence-electron chi connectivity index (χ1n) is 4.32. The SMILES string of the molecule is Cl.N#Cc1ccncc1Oc1ccncc1. The van der Waals surface area contributed by atoms with Gasteiger partial charge in [-0.3, -0.25) is 9.97 Å². The number of hydrogen-bond acceptors (Lipinski definition) is 4. The number of nitrogens with zero attached hydrogens (tertiary/aromatic N) is 3. The summed E-state index contributed by atoms with van der Waals surface area (Å²) in [4.78, 5) is 7.77. The van der Waals surface area contributed by atoms with Crippen LogP contribution in [0, 0.1) is 11.3 Å². The van der Waals surface area contributed by atoms with Crippen LogP contribution >= 0.6 is 12.4 Å². The van der Waals surface area contributed by atoms with Gasteiger partial charge in [-0.1, -0.05) is 0 Å². The first kappa shape index (κ1) is 12.0. The highest BCUT2D eigenvalue weighted by atomic mass is 35.5. The van der Waals surface area contributed by atoms with Crippen LogP contribution in [-0.2, 0) is 0 Å². The fourth-order valence-corrected chi connectivity index (χ4v) is 1.09. The zero-order valence-corrected chi connectivity index (χ0v) is 9.02. The van der Waals surface area contributed by atoms with Gasteiger partial charge in [0.05, 0.1) is 11.8 Å². The average Bonchev–Trinajstić information content (AvgIpc) is 2.31. The number of rotatable bonds is 2. The molecule has 2 aromatic heterocycles. The molecule has 0 atom stereocenters. The Morgan fingerprint density at radius 1 is 1.06 bits per heavy atom. The van der Waals surface area contributed by atoms with Gasteiger partial charge in [0.1, 0.15) is 11.8 Å². The third-order valence-corrected chi connectivity index (χ3v) is 1.78. The quantitative estimate of drug-likeness (QED) is 0.800. The molecule has 0 fully saturated rings. The monoisotopic (exact) mass is 233 g/mol. The summed E-state index contributed by atoms with van der Waals surface area (Å²) in [5.41, 5.74) is 0.460. The molecule has 5 heteroatoms. The van der Waals surface area contributed by atoms with Crippen molar-refractivity contribution in [3.63, 3.8) is 0 Å². The van der Waals surface area contributed by atoms with Crippen LogP contribution in [0.15, 0.2) is 43.0 Å². The van der Waals surface area contributed by atoms with Crippen molar-refractivity contribution in [1.82, 2.24) is 9.97 Å². The summed E-state index contributed by atoms with van der Waals surface area (Å²) in [5.74, 6) is 1.08. The van der Waals surface area contributed by atoms with Gasteiger partial charge >= 0.3 is 0 Å².